The molecule has 8 heteroatoms. The lowest BCUT2D eigenvalue weighted by Crippen LogP contribution is -1.97. The zero-order valence-electron chi connectivity index (χ0n) is 15.8. The second-order valence-electron chi connectivity index (χ2n) is 6.91. The van der Waals surface area contributed by atoms with Gasteiger partial charge < -0.3 is 10.4 Å². The Morgan fingerprint density at radius 3 is 2.59 bits per heavy atom. The quantitative estimate of drug-likeness (QED) is 0.245. The van der Waals surface area contributed by atoms with Crippen molar-refractivity contribution in [3.8, 4) is 16.9 Å². The lowest BCUT2D eigenvalue weighted by atomic mass is 9.99. The normalized spacial score (nSPS) is 11.1. The Morgan fingerprint density at radius 2 is 1.90 bits per heavy atom. The molecule has 0 amide bonds. The topological polar surface area (TPSA) is 101 Å². The van der Waals surface area contributed by atoms with E-state index in [0.29, 0.717) is 11.7 Å². The molecular weight excluding hydrogens is 388 g/mol. The predicted molar refractivity (Wildman–Crippen MR) is 115 cm³/mol. The van der Waals surface area contributed by atoms with Crippen LogP contribution in [0.1, 0.15) is 25.3 Å². The zero-order chi connectivity index (χ0) is 20.5. The number of phenolic OH excluding ortho intramolecular Hbond substituents is 1. The highest BCUT2D eigenvalue weighted by molar-refractivity contribution is 7.17. The third kappa shape index (κ3) is 3.62. The minimum atomic E-state index is -0.507. The summed E-state index contributed by atoms with van der Waals surface area (Å²) in [6.45, 7) is 4.30. The van der Waals surface area contributed by atoms with E-state index in [1.807, 2.05) is 5.38 Å². The number of thiophene rings is 1. The van der Waals surface area contributed by atoms with Crippen LogP contribution in [0.25, 0.3) is 21.3 Å². The van der Waals surface area contributed by atoms with Crippen LogP contribution < -0.4 is 5.32 Å². The van der Waals surface area contributed by atoms with E-state index in [1.165, 1.54) is 41.4 Å². The highest BCUT2D eigenvalue weighted by atomic mass is 32.1. The lowest BCUT2D eigenvalue weighted by molar-refractivity contribution is -0.384. The van der Waals surface area contributed by atoms with Crippen molar-refractivity contribution < 1.29 is 10.0 Å². The number of aromatic hydroxyl groups is 1. The van der Waals surface area contributed by atoms with Crippen LogP contribution in [0.4, 0.5) is 17.2 Å². The van der Waals surface area contributed by atoms with Crippen molar-refractivity contribution in [1.82, 2.24) is 9.97 Å². The SMILES string of the molecule is CC(C)c1ccc(-c2csc3ncnc(Nc4cc([N+](=O)[O-])ccc4O)c23)cc1. The van der Waals surface area contributed by atoms with E-state index in [2.05, 4.69) is 53.4 Å². The predicted octanol–water partition coefficient (Wildman–Crippen LogP) is 5.84. The maximum Gasteiger partial charge on any atom is 0.271 e. The van der Waals surface area contributed by atoms with Gasteiger partial charge in [-0.2, -0.15) is 0 Å². The van der Waals surface area contributed by atoms with Crippen LogP contribution in [0.15, 0.2) is 54.2 Å². The Balaban J connectivity index is 1.80. The van der Waals surface area contributed by atoms with Gasteiger partial charge in [-0.25, -0.2) is 9.97 Å². The van der Waals surface area contributed by atoms with Gasteiger partial charge in [0.05, 0.1) is 16.0 Å². The van der Waals surface area contributed by atoms with E-state index in [9.17, 15) is 15.2 Å². The first-order valence-corrected chi connectivity index (χ1v) is 9.89. The summed E-state index contributed by atoms with van der Waals surface area (Å²) in [5.74, 6) is 0.830. The highest BCUT2D eigenvalue weighted by Crippen LogP contribution is 2.39. The van der Waals surface area contributed by atoms with Crippen LogP contribution in [0.2, 0.25) is 0 Å². The molecule has 0 bridgehead atoms. The molecule has 0 atom stereocenters. The summed E-state index contributed by atoms with van der Waals surface area (Å²) >= 11 is 1.49. The van der Waals surface area contributed by atoms with Gasteiger partial charge in [0.15, 0.2) is 0 Å². The molecule has 0 unspecified atom stereocenters. The van der Waals surface area contributed by atoms with Crippen molar-refractivity contribution in [2.24, 2.45) is 0 Å². The summed E-state index contributed by atoms with van der Waals surface area (Å²) in [6, 6.07) is 12.2. The summed E-state index contributed by atoms with van der Waals surface area (Å²) in [6.07, 6.45) is 1.43. The number of nitro groups is 1. The van der Waals surface area contributed by atoms with Crippen LogP contribution in [0.3, 0.4) is 0 Å². The fourth-order valence-corrected chi connectivity index (χ4v) is 4.01. The Labute approximate surface area is 170 Å². The number of hydrogen-bond acceptors (Lipinski definition) is 7. The van der Waals surface area contributed by atoms with Crippen molar-refractivity contribution >= 4 is 38.7 Å². The Kier molecular flexibility index (Phi) is 4.85. The van der Waals surface area contributed by atoms with Crippen molar-refractivity contribution in [3.63, 3.8) is 0 Å². The summed E-state index contributed by atoms with van der Waals surface area (Å²) in [5.41, 5.74) is 3.34. The second-order valence-corrected chi connectivity index (χ2v) is 7.77. The molecule has 0 aliphatic carbocycles. The minimum Gasteiger partial charge on any atom is -0.506 e. The molecule has 0 saturated carbocycles. The molecule has 0 radical (unpaired) electrons. The number of fused-ring (bicyclic) bond motifs is 1. The molecule has 2 N–H and O–H groups in total. The number of aromatic nitrogens is 2. The molecule has 7 nitrogen and oxygen atoms in total. The van der Waals surface area contributed by atoms with Crippen molar-refractivity contribution in [1.29, 1.82) is 0 Å². The third-order valence-corrected chi connectivity index (χ3v) is 5.59. The molecule has 0 spiro atoms. The van der Waals surface area contributed by atoms with E-state index in [0.717, 1.165) is 21.3 Å². The molecule has 0 saturated heterocycles. The van der Waals surface area contributed by atoms with Gasteiger partial charge in [-0.15, -0.1) is 11.3 Å². The highest BCUT2D eigenvalue weighted by Gasteiger charge is 2.16. The first-order chi connectivity index (χ1) is 13.9. The number of benzene rings is 2. The van der Waals surface area contributed by atoms with Crippen LogP contribution in [-0.2, 0) is 0 Å². The maximum absolute atomic E-state index is 11.1. The monoisotopic (exact) mass is 406 g/mol. The minimum absolute atomic E-state index is 0.0968. The average molecular weight is 406 g/mol. The van der Waals surface area contributed by atoms with E-state index < -0.39 is 4.92 Å². The Bertz CT molecular complexity index is 1200. The standard InChI is InChI=1S/C21H18N4O3S/c1-12(2)13-3-5-14(6-4-13)16-10-29-21-19(16)20(22-11-23-21)24-17-9-15(25(27)28)7-8-18(17)26/h3-12,26H,1-2H3,(H,22,23,24). The first-order valence-electron chi connectivity index (χ1n) is 9.01. The molecule has 2 aromatic heterocycles. The fourth-order valence-electron chi connectivity index (χ4n) is 3.10. The molecule has 2 aromatic carbocycles. The molecule has 2 heterocycles. The van der Waals surface area contributed by atoms with E-state index in [1.54, 1.807) is 0 Å². The van der Waals surface area contributed by atoms with Gasteiger partial charge in [0.25, 0.3) is 5.69 Å². The van der Waals surface area contributed by atoms with E-state index in [4.69, 9.17) is 0 Å². The number of phenols is 1. The number of rotatable bonds is 5. The van der Waals surface area contributed by atoms with Gasteiger partial charge in [0.1, 0.15) is 22.7 Å². The van der Waals surface area contributed by atoms with Crippen molar-refractivity contribution in [2.45, 2.75) is 19.8 Å². The van der Waals surface area contributed by atoms with Gasteiger partial charge in [0.2, 0.25) is 0 Å². The van der Waals surface area contributed by atoms with Crippen LogP contribution >= 0.6 is 11.3 Å². The summed E-state index contributed by atoms with van der Waals surface area (Å²) in [5, 5.41) is 27.1. The maximum atomic E-state index is 11.1. The number of non-ortho nitro benzene ring substituents is 1. The van der Waals surface area contributed by atoms with Crippen LogP contribution in [-0.4, -0.2) is 20.0 Å². The molecule has 4 rings (SSSR count). The number of hydrogen-bond donors (Lipinski definition) is 2. The number of nitrogens with one attached hydrogen (secondary N) is 1. The molecule has 146 valence electrons. The third-order valence-electron chi connectivity index (χ3n) is 4.70. The molecule has 0 aliphatic heterocycles. The van der Waals surface area contributed by atoms with Crippen molar-refractivity contribution in [2.75, 3.05) is 5.32 Å². The molecule has 0 fully saturated rings. The van der Waals surface area contributed by atoms with E-state index >= 15 is 0 Å². The van der Waals surface area contributed by atoms with Gasteiger partial charge in [-0.3, -0.25) is 10.1 Å². The van der Waals surface area contributed by atoms with Gasteiger partial charge >= 0.3 is 0 Å². The van der Waals surface area contributed by atoms with Gasteiger partial charge in [0, 0.05) is 23.1 Å². The lowest BCUT2D eigenvalue weighted by Gasteiger charge is -2.10. The molecule has 29 heavy (non-hydrogen) atoms. The van der Waals surface area contributed by atoms with Crippen LogP contribution in [0.5, 0.6) is 5.75 Å². The van der Waals surface area contributed by atoms with Gasteiger partial charge in [-0.1, -0.05) is 38.1 Å². The molecular formula is C21H18N4O3S. The first kappa shape index (κ1) is 18.8. The summed E-state index contributed by atoms with van der Waals surface area (Å²) < 4.78 is 0. The Morgan fingerprint density at radius 1 is 1.14 bits per heavy atom. The smallest absolute Gasteiger partial charge is 0.271 e. The number of anilines is 2. The summed E-state index contributed by atoms with van der Waals surface area (Å²) in [7, 11) is 0. The fraction of sp³-hybridized carbons (Fsp3) is 0.143. The molecule has 4 aromatic rings. The van der Waals surface area contributed by atoms with Gasteiger partial charge in [-0.05, 0) is 23.1 Å². The van der Waals surface area contributed by atoms with Crippen LogP contribution in [0, 0.1) is 10.1 Å². The number of nitrogens with zero attached hydrogens (tertiary/aromatic N) is 3. The van der Waals surface area contributed by atoms with Crippen molar-refractivity contribution in [3.05, 3.63) is 69.8 Å². The largest absolute Gasteiger partial charge is 0.506 e. The average Bonchev–Trinajstić information content (AvgIpc) is 3.14. The molecule has 0 aliphatic rings. The zero-order valence-corrected chi connectivity index (χ0v) is 16.6. The van der Waals surface area contributed by atoms with E-state index in [-0.39, 0.29) is 17.1 Å². The number of nitro benzene ring substituents is 1. The Hall–Kier alpha value is -3.52. The summed E-state index contributed by atoms with van der Waals surface area (Å²) in [4.78, 5) is 20.0. The second kappa shape index (κ2) is 7.48.